The molecule has 0 saturated carbocycles. The van der Waals surface area contributed by atoms with Gasteiger partial charge in [0.25, 0.3) is 0 Å². The Kier molecular flexibility index (Phi) is 5.74. The van der Waals surface area contributed by atoms with Crippen molar-refractivity contribution in [3.63, 3.8) is 0 Å². The van der Waals surface area contributed by atoms with Gasteiger partial charge in [0.1, 0.15) is 5.75 Å². The van der Waals surface area contributed by atoms with Crippen LogP contribution in [0.25, 0.3) is 0 Å². The number of anilines is 2. The lowest BCUT2D eigenvalue weighted by Gasteiger charge is -2.07. The Labute approximate surface area is 135 Å². The van der Waals surface area contributed by atoms with E-state index in [9.17, 15) is 14.7 Å². The summed E-state index contributed by atoms with van der Waals surface area (Å²) in [6.07, 6.45) is 3.26. The predicted molar refractivity (Wildman–Crippen MR) is 90.4 cm³/mol. The van der Waals surface area contributed by atoms with Gasteiger partial charge in [0, 0.05) is 17.4 Å². The summed E-state index contributed by atoms with van der Waals surface area (Å²) >= 11 is 0. The summed E-state index contributed by atoms with van der Waals surface area (Å²) in [4.78, 5) is 23.7. The van der Waals surface area contributed by atoms with Crippen LogP contribution in [0.15, 0.2) is 48.5 Å². The van der Waals surface area contributed by atoms with Crippen molar-refractivity contribution in [3.05, 3.63) is 54.1 Å². The number of unbranched alkanes of at least 4 members (excludes halogenated alkanes) is 1. The van der Waals surface area contributed by atoms with Crippen LogP contribution in [-0.4, -0.2) is 16.9 Å². The number of hydrogen-bond acceptors (Lipinski definition) is 3. The highest BCUT2D eigenvalue weighted by atomic mass is 16.3. The average molecular weight is 312 g/mol. The average Bonchev–Trinajstić information content (AvgIpc) is 2.54. The van der Waals surface area contributed by atoms with Gasteiger partial charge in [-0.15, -0.1) is 0 Å². The molecule has 0 radical (unpaired) electrons. The third-order valence-electron chi connectivity index (χ3n) is 3.34. The number of aryl methyl sites for hydroxylation is 1. The molecule has 0 unspecified atom stereocenters. The highest BCUT2D eigenvalue weighted by Crippen LogP contribution is 2.16. The summed E-state index contributed by atoms with van der Waals surface area (Å²) in [6.45, 7) is 2.14. The lowest BCUT2D eigenvalue weighted by atomic mass is 10.1. The van der Waals surface area contributed by atoms with Gasteiger partial charge in [-0.3, -0.25) is 9.59 Å². The number of amides is 2. The van der Waals surface area contributed by atoms with Gasteiger partial charge in [-0.25, -0.2) is 0 Å². The van der Waals surface area contributed by atoms with E-state index < -0.39 is 11.8 Å². The minimum atomic E-state index is -0.786. The molecule has 0 spiro atoms. The first-order chi connectivity index (χ1) is 11.1. The number of carbonyl (C=O) groups is 2. The van der Waals surface area contributed by atoms with E-state index in [0.717, 1.165) is 19.3 Å². The second kappa shape index (κ2) is 7.98. The standard InChI is InChI=1S/C18H20N2O3/c1-2-3-5-13-8-10-14(11-9-13)19-17(22)18(23)20-15-6-4-7-16(21)12-15/h4,6-12,21H,2-3,5H2,1H3,(H,19,22)(H,20,23). The molecule has 2 aromatic rings. The Morgan fingerprint density at radius 1 is 0.957 bits per heavy atom. The Bertz CT molecular complexity index is 681. The van der Waals surface area contributed by atoms with E-state index >= 15 is 0 Å². The minimum absolute atomic E-state index is 0.0193. The van der Waals surface area contributed by atoms with Crippen molar-refractivity contribution in [1.29, 1.82) is 0 Å². The summed E-state index contributed by atoms with van der Waals surface area (Å²) in [6, 6.07) is 13.5. The molecule has 0 bridgehead atoms. The summed E-state index contributed by atoms with van der Waals surface area (Å²) in [5.74, 6) is -1.52. The van der Waals surface area contributed by atoms with Gasteiger partial charge in [0.15, 0.2) is 0 Å². The number of carbonyl (C=O) groups excluding carboxylic acids is 2. The molecule has 3 N–H and O–H groups in total. The van der Waals surface area contributed by atoms with E-state index in [4.69, 9.17) is 0 Å². The third kappa shape index (κ3) is 5.14. The zero-order valence-corrected chi connectivity index (χ0v) is 13.0. The minimum Gasteiger partial charge on any atom is -0.508 e. The lowest BCUT2D eigenvalue weighted by Crippen LogP contribution is -2.29. The predicted octanol–water partition coefficient (Wildman–Crippen LogP) is 3.31. The fraction of sp³-hybridized carbons (Fsp3) is 0.222. The van der Waals surface area contributed by atoms with E-state index in [2.05, 4.69) is 17.6 Å². The van der Waals surface area contributed by atoms with Gasteiger partial charge in [-0.05, 0) is 42.7 Å². The maximum atomic E-state index is 11.9. The van der Waals surface area contributed by atoms with E-state index in [0.29, 0.717) is 11.4 Å². The van der Waals surface area contributed by atoms with Crippen molar-refractivity contribution in [2.24, 2.45) is 0 Å². The molecule has 5 heteroatoms. The Morgan fingerprint density at radius 3 is 2.22 bits per heavy atom. The summed E-state index contributed by atoms with van der Waals surface area (Å²) in [7, 11) is 0. The smallest absolute Gasteiger partial charge is 0.314 e. The van der Waals surface area contributed by atoms with E-state index in [1.54, 1.807) is 24.3 Å². The molecule has 0 aromatic heterocycles. The topological polar surface area (TPSA) is 78.4 Å². The zero-order chi connectivity index (χ0) is 16.7. The summed E-state index contributed by atoms with van der Waals surface area (Å²) in [5, 5.41) is 14.3. The fourth-order valence-corrected chi connectivity index (χ4v) is 2.10. The maximum absolute atomic E-state index is 11.9. The molecule has 0 fully saturated rings. The summed E-state index contributed by atoms with van der Waals surface area (Å²) in [5.41, 5.74) is 2.13. The van der Waals surface area contributed by atoms with E-state index in [1.807, 2.05) is 12.1 Å². The van der Waals surface area contributed by atoms with Crippen LogP contribution in [0.2, 0.25) is 0 Å². The number of phenols is 1. The fourth-order valence-electron chi connectivity index (χ4n) is 2.10. The van der Waals surface area contributed by atoms with E-state index in [-0.39, 0.29) is 5.75 Å². The molecule has 2 amide bonds. The van der Waals surface area contributed by atoms with Gasteiger partial charge in [-0.2, -0.15) is 0 Å². The molecule has 0 saturated heterocycles. The molecule has 0 atom stereocenters. The largest absolute Gasteiger partial charge is 0.508 e. The molecule has 2 rings (SSSR count). The maximum Gasteiger partial charge on any atom is 0.314 e. The molecule has 2 aromatic carbocycles. The number of rotatable bonds is 5. The van der Waals surface area contributed by atoms with Crippen molar-refractivity contribution < 1.29 is 14.7 Å². The Hall–Kier alpha value is -2.82. The van der Waals surface area contributed by atoms with Crippen LogP contribution in [0.4, 0.5) is 11.4 Å². The van der Waals surface area contributed by atoms with Gasteiger partial charge in [0.2, 0.25) is 0 Å². The van der Waals surface area contributed by atoms with Crippen LogP contribution in [0, 0.1) is 0 Å². The molecular formula is C18H20N2O3. The van der Waals surface area contributed by atoms with Gasteiger partial charge in [0.05, 0.1) is 0 Å². The molecular weight excluding hydrogens is 292 g/mol. The van der Waals surface area contributed by atoms with Crippen LogP contribution >= 0.6 is 0 Å². The van der Waals surface area contributed by atoms with Crippen LogP contribution < -0.4 is 10.6 Å². The molecule has 0 aliphatic carbocycles. The number of aromatic hydroxyl groups is 1. The van der Waals surface area contributed by atoms with E-state index in [1.165, 1.54) is 17.7 Å². The van der Waals surface area contributed by atoms with Crippen molar-refractivity contribution in [1.82, 2.24) is 0 Å². The molecule has 0 heterocycles. The monoisotopic (exact) mass is 312 g/mol. The molecule has 0 aliphatic heterocycles. The quantitative estimate of drug-likeness (QED) is 0.741. The molecule has 5 nitrogen and oxygen atoms in total. The number of benzene rings is 2. The van der Waals surface area contributed by atoms with Crippen molar-refractivity contribution in [2.75, 3.05) is 10.6 Å². The summed E-state index contributed by atoms with van der Waals surface area (Å²) < 4.78 is 0. The lowest BCUT2D eigenvalue weighted by molar-refractivity contribution is -0.132. The SMILES string of the molecule is CCCCc1ccc(NC(=O)C(=O)Nc2cccc(O)c2)cc1. The Morgan fingerprint density at radius 2 is 1.61 bits per heavy atom. The van der Waals surface area contributed by atoms with Gasteiger partial charge < -0.3 is 15.7 Å². The normalized spacial score (nSPS) is 10.1. The van der Waals surface area contributed by atoms with Crippen molar-refractivity contribution in [3.8, 4) is 5.75 Å². The van der Waals surface area contributed by atoms with Crippen LogP contribution in [0.1, 0.15) is 25.3 Å². The third-order valence-corrected chi connectivity index (χ3v) is 3.34. The molecule has 0 aliphatic rings. The second-order valence-electron chi connectivity index (χ2n) is 5.26. The highest BCUT2D eigenvalue weighted by molar-refractivity contribution is 6.43. The first-order valence-corrected chi connectivity index (χ1v) is 7.59. The first kappa shape index (κ1) is 16.5. The number of nitrogens with one attached hydrogen (secondary N) is 2. The number of hydrogen-bond donors (Lipinski definition) is 3. The molecule has 120 valence electrons. The van der Waals surface area contributed by atoms with Crippen molar-refractivity contribution >= 4 is 23.2 Å². The Balaban J connectivity index is 1.91. The van der Waals surface area contributed by atoms with Gasteiger partial charge >= 0.3 is 11.8 Å². The zero-order valence-electron chi connectivity index (χ0n) is 13.0. The van der Waals surface area contributed by atoms with Crippen molar-refractivity contribution in [2.45, 2.75) is 26.2 Å². The van der Waals surface area contributed by atoms with Crippen LogP contribution in [0.5, 0.6) is 5.75 Å². The molecule has 23 heavy (non-hydrogen) atoms. The number of phenolic OH excluding ortho intramolecular Hbond substituents is 1. The van der Waals surface area contributed by atoms with Gasteiger partial charge in [-0.1, -0.05) is 31.5 Å². The highest BCUT2D eigenvalue weighted by Gasteiger charge is 2.14. The van der Waals surface area contributed by atoms with Crippen LogP contribution in [0.3, 0.4) is 0 Å². The first-order valence-electron chi connectivity index (χ1n) is 7.59. The second-order valence-corrected chi connectivity index (χ2v) is 5.26. The van der Waals surface area contributed by atoms with Crippen LogP contribution in [-0.2, 0) is 16.0 Å².